The molecule has 0 aliphatic heterocycles. The normalized spacial score (nSPS) is 28.6. The second kappa shape index (κ2) is 4.91. The number of benzene rings is 1. The topological polar surface area (TPSA) is 29.1 Å². The number of nitrogens with one attached hydrogen (secondary N) is 1. The van der Waals surface area contributed by atoms with Crippen LogP contribution >= 0.6 is 0 Å². The molecule has 0 unspecified atom stereocenters. The number of amides is 1. The lowest BCUT2D eigenvalue weighted by molar-refractivity contribution is -0.117. The van der Waals surface area contributed by atoms with Gasteiger partial charge >= 0.3 is 0 Å². The highest BCUT2D eigenvalue weighted by molar-refractivity contribution is 5.91. The van der Waals surface area contributed by atoms with Crippen LogP contribution in [0.5, 0.6) is 0 Å². The van der Waals surface area contributed by atoms with Crippen LogP contribution in [-0.2, 0) is 4.79 Å². The molecular formula is C15H17F2NO. The molecule has 2 bridgehead atoms. The third-order valence-electron chi connectivity index (χ3n) is 4.53. The average Bonchev–Trinajstić information content (AvgIpc) is 2.96. The number of hydrogen-bond acceptors (Lipinski definition) is 1. The van der Waals surface area contributed by atoms with Gasteiger partial charge < -0.3 is 5.32 Å². The lowest BCUT2D eigenvalue weighted by atomic mass is 9.86. The summed E-state index contributed by atoms with van der Waals surface area (Å²) >= 11 is 0. The molecule has 1 amide bonds. The van der Waals surface area contributed by atoms with E-state index in [0.29, 0.717) is 18.3 Å². The van der Waals surface area contributed by atoms with Gasteiger partial charge in [0.2, 0.25) is 5.91 Å². The zero-order valence-electron chi connectivity index (χ0n) is 10.7. The Labute approximate surface area is 111 Å². The summed E-state index contributed by atoms with van der Waals surface area (Å²) in [5.41, 5.74) is -0.0619. The van der Waals surface area contributed by atoms with E-state index in [9.17, 15) is 13.6 Å². The van der Waals surface area contributed by atoms with E-state index in [2.05, 4.69) is 5.32 Å². The summed E-state index contributed by atoms with van der Waals surface area (Å²) in [7, 11) is 0. The smallest absolute Gasteiger partial charge is 0.224 e. The van der Waals surface area contributed by atoms with Crippen LogP contribution in [-0.4, -0.2) is 5.91 Å². The number of carbonyl (C=O) groups excluding carboxylic acids is 1. The highest BCUT2D eigenvalue weighted by Crippen LogP contribution is 2.49. The van der Waals surface area contributed by atoms with Crippen molar-refractivity contribution in [1.82, 2.24) is 0 Å². The van der Waals surface area contributed by atoms with Gasteiger partial charge in [-0.15, -0.1) is 0 Å². The lowest BCUT2D eigenvalue weighted by Gasteiger charge is -2.20. The highest BCUT2D eigenvalue weighted by Gasteiger charge is 2.40. The second-order valence-electron chi connectivity index (χ2n) is 5.81. The highest BCUT2D eigenvalue weighted by atomic mass is 19.1. The molecule has 2 aliphatic carbocycles. The van der Waals surface area contributed by atoms with E-state index in [4.69, 9.17) is 0 Å². The summed E-state index contributed by atoms with van der Waals surface area (Å²) in [6.07, 6.45) is 5.30. The van der Waals surface area contributed by atoms with Crippen molar-refractivity contribution in [3.8, 4) is 0 Å². The maximum Gasteiger partial charge on any atom is 0.224 e. The van der Waals surface area contributed by atoms with Gasteiger partial charge in [0.05, 0.1) is 5.69 Å². The molecule has 102 valence electrons. The minimum absolute atomic E-state index is 0.0619. The first-order valence-corrected chi connectivity index (χ1v) is 6.86. The van der Waals surface area contributed by atoms with Crippen molar-refractivity contribution < 1.29 is 13.6 Å². The Morgan fingerprint density at radius 3 is 2.79 bits per heavy atom. The summed E-state index contributed by atoms with van der Waals surface area (Å²) < 4.78 is 26.4. The number of fused-ring (bicyclic) bond motifs is 2. The van der Waals surface area contributed by atoms with Gasteiger partial charge in [-0.2, -0.15) is 0 Å². The SMILES string of the molecule is O=C(C[C@@H]1C[C@@H]2CC[C@@H]1C2)Nc1cc(F)ccc1F. The summed E-state index contributed by atoms with van der Waals surface area (Å²) in [5.74, 6) is 0.526. The summed E-state index contributed by atoms with van der Waals surface area (Å²) in [4.78, 5) is 11.9. The van der Waals surface area contributed by atoms with Crippen molar-refractivity contribution in [3.63, 3.8) is 0 Å². The molecule has 3 rings (SSSR count). The minimum atomic E-state index is -0.595. The Hall–Kier alpha value is -1.45. The molecule has 0 saturated heterocycles. The summed E-state index contributed by atoms with van der Waals surface area (Å²) in [6.45, 7) is 0. The molecule has 3 atom stereocenters. The van der Waals surface area contributed by atoms with Crippen LogP contribution in [0, 0.1) is 29.4 Å². The van der Waals surface area contributed by atoms with Crippen molar-refractivity contribution >= 4 is 11.6 Å². The first-order chi connectivity index (χ1) is 9.11. The Morgan fingerprint density at radius 2 is 2.11 bits per heavy atom. The van der Waals surface area contributed by atoms with Gasteiger partial charge in [-0.3, -0.25) is 4.79 Å². The van der Waals surface area contributed by atoms with E-state index in [1.807, 2.05) is 0 Å². The number of rotatable bonds is 3. The zero-order valence-corrected chi connectivity index (χ0v) is 10.7. The Bertz CT molecular complexity index is 503. The molecule has 0 aromatic heterocycles. The maximum absolute atomic E-state index is 13.4. The molecule has 2 fully saturated rings. The molecule has 1 aromatic carbocycles. The molecule has 0 radical (unpaired) electrons. The quantitative estimate of drug-likeness (QED) is 0.886. The molecule has 0 spiro atoms. The van der Waals surface area contributed by atoms with E-state index in [-0.39, 0.29) is 11.6 Å². The minimum Gasteiger partial charge on any atom is -0.324 e. The van der Waals surface area contributed by atoms with E-state index in [1.165, 1.54) is 19.3 Å². The second-order valence-corrected chi connectivity index (χ2v) is 5.81. The molecule has 1 aromatic rings. The zero-order chi connectivity index (χ0) is 13.4. The van der Waals surface area contributed by atoms with E-state index < -0.39 is 11.6 Å². The third-order valence-corrected chi connectivity index (χ3v) is 4.53. The van der Waals surface area contributed by atoms with Gasteiger partial charge in [0, 0.05) is 12.5 Å². The van der Waals surface area contributed by atoms with E-state index >= 15 is 0 Å². The molecule has 2 saturated carbocycles. The Morgan fingerprint density at radius 1 is 1.26 bits per heavy atom. The van der Waals surface area contributed by atoms with Crippen LogP contribution in [0.4, 0.5) is 14.5 Å². The van der Waals surface area contributed by atoms with Crippen LogP contribution in [0.25, 0.3) is 0 Å². The van der Waals surface area contributed by atoms with Crippen LogP contribution < -0.4 is 5.32 Å². The molecule has 1 N–H and O–H groups in total. The van der Waals surface area contributed by atoms with Crippen LogP contribution in [0.1, 0.15) is 32.1 Å². The van der Waals surface area contributed by atoms with E-state index in [0.717, 1.165) is 30.5 Å². The predicted molar refractivity (Wildman–Crippen MR) is 68.5 cm³/mol. The largest absolute Gasteiger partial charge is 0.324 e. The third kappa shape index (κ3) is 2.62. The fourth-order valence-electron chi connectivity index (χ4n) is 3.66. The van der Waals surface area contributed by atoms with Crippen LogP contribution in [0.2, 0.25) is 0 Å². The maximum atomic E-state index is 13.4. The molecule has 4 heteroatoms. The Balaban J connectivity index is 1.61. The molecule has 2 aliphatic rings. The first kappa shape index (κ1) is 12.6. The standard InChI is InChI=1S/C15H17F2NO/c16-12-3-4-13(17)14(8-12)18-15(19)7-11-6-9-1-2-10(11)5-9/h3-4,8-11H,1-2,5-7H2,(H,18,19)/t9-,10-,11+/m1/s1. The lowest BCUT2D eigenvalue weighted by Crippen LogP contribution is -2.20. The predicted octanol–water partition coefficient (Wildman–Crippen LogP) is 3.73. The number of anilines is 1. The van der Waals surface area contributed by atoms with Crippen molar-refractivity contribution in [2.45, 2.75) is 32.1 Å². The average molecular weight is 265 g/mol. The molecule has 0 heterocycles. The molecule has 2 nitrogen and oxygen atoms in total. The summed E-state index contributed by atoms with van der Waals surface area (Å²) in [6, 6.07) is 3.09. The monoisotopic (exact) mass is 265 g/mol. The van der Waals surface area contributed by atoms with Crippen LogP contribution in [0.15, 0.2) is 18.2 Å². The Kier molecular flexibility index (Phi) is 3.25. The van der Waals surface area contributed by atoms with Gasteiger partial charge in [0.15, 0.2) is 0 Å². The van der Waals surface area contributed by atoms with Gasteiger partial charge in [-0.05, 0) is 49.1 Å². The first-order valence-electron chi connectivity index (χ1n) is 6.86. The van der Waals surface area contributed by atoms with Crippen molar-refractivity contribution in [3.05, 3.63) is 29.8 Å². The van der Waals surface area contributed by atoms with Crippen LogP contribution in [0.3, 0.4) is 0 Å². The van der Waals surface area contributed by atoms with Crippen molar-refractivity contribution in [1.29, 1.82) is 0 Å². The van der Waals surface area contributed by atoms with Crippen molar-refractivity contribution in [2.75, 3.05) is 5.32 Å². The number of carbonyl (C=O) groups is 1. The summed E-state index contributed by atoms with van der Waals surface area (Å²) in [5, 5.41) is 2.48. The van der Waals surface area contributed by atoms with Gasteiger partial charge in [-0.1, -0.05) is 6.42 Å². The van der Waals surface area contributed by atoms with E-state index in [1.54, 1.807) is 0 Å². The molecular weight excluding hydrogens is 248 g/mol. The molecule has 19 heavy (non-hydrogen) atoms. The van der Waals surface area contributed by atoms with Gasteiger partial charge in [0.1, 0.15) is 11.6 Å². The fourth-order valence-corrected chi connectivity index (χ4v) is 3.66. The number of halogens is 2. The van der Waals surface area contributed by atoms with Gasteiger partial charge in [0.25, 0.3) is 0 Å². The van der Waals surface area contributed by atoms with Gasteiger partial charge in [-0.25, -0.2) is 8.78 Å². The fraction of sp³-hybridized carbons (Fsp3) is 0.533. The number of hydrogen-bond donors (Lipinski definition) is 1. The van der Waals surface area contributed by atoms with Crippen molar-refractivity contribution in [2.24, 2.45) is 17.8 Å².